The molecular formula is C18H21NO3. The zero-order chi connectivity index (χ0) is 15.4. The number of hydrogen-bond donors (Lipinski definition) is 1. The highest BCUT2D eigenvalue weighted by atomic mass is 16.5. The van der Waals surface area contributed by atoms with Crippen LogP contribution >= 0.6 is 0 Å². The van der Waals surface area contributed by atoms with Crippen LogP contribution in [0.5, 0.6) is 17.2 Å². The van der Waals surface area contributed by atoms with Gasteiger partial charge >= 0.3 is 0 Å². The van der Waals surface area contributed by atoms with E-state index in [4.69, 9.17) is 14.2 Å². The van der Waals surface area contributed by atoms with Crippen LogP contribution < -0.4 is 19.5 Å². The highest BCUT2D eigenvalue weighted by molar-refractivity contribution is 5.46. The molecule has 0 fully saturated rings. The van der Waals surface area contributed by atoms with Crippen molar-refractivity contribution >= 4 is 0 Å². The predicted molar refractivity (Wildman–Crippen MR) is 85.8 cm³/mol. The quantitative estimate of drug-likeness (QED) is 0.921. The van der Waals surface area contributed by atoms with Crippen LogP contribution in [0, 0.1) is 0 Å². The SMILES string of the molecule is COc1cccc(CN[C@H]2COc3ccccc3C2)c1OC. The molecule has 0 saturated heterocycles. The van der Waals surface area contributed by atoms with Gasteiger partial charge in [0.15, 0.2) is 11.5 Å². The summed E-state index contributed by atoms with van der Waals surface area (Å²) in [6.07, 6.45) is 0.975. The second kappa shape index (κ2) is 6.71. The van der Waals surface area contributed by atoms with Crippen molar-refractivity contribution in [3.05, 3.63) is 53.6 Å². The van der Waals surface area contributed by atoms with Gasteiger partial charge in [0.2, 0.25) is 0 Å². The van der Waals surface area contributed by atoms with Crippen molar-refractivity contribution in [3.63, 3.8) is 0 Å². The maximum Gasteiger partial charge on any atom is 0.165 e. The molecule has 0 bridgehead atoms. The van der Waals surface area contributed by atoms with Crippen molar-refractivity contribution in [2.75, 3.05) is 20.8 Å². The summed E-state index contributed by atoms with van der Waals surface area (Å²) in [7, 11) is 3.32. The fourth-order valence-electron chi connectivity index (χ4n) is 2.81. The molecule has 4 nitrogen and oxygen atoms in total. The van der Waals surface area contributed by atoms with Crippen LogP contribution in [0.25, 0.3) is 0 Å². The molecule has 1 atom stereocenters. The molecule has 0 radical (unpaired) electrons. The molecule has 2 aromatic carbocycles. The smallest absolute Gasteiger partial charge is 0.165 e. The van der Waals surface area contributed by atoms with Crippen LogP contribution in [0.4, 0.5) is 0 Å². The Morgan fingerprint density at radius 3 is 2.77 bits per heavy atom. The summed E-state index contributed by atoms with van der Waals surface area (Å²) in [5.74, 6) is 2.54. The molecule has 2 aromatic rings. The Balaban J connectivity index is 1.67. The van der Waals surface area contributed by atoms with Crippen molar-refractivity contribution in [1.82, 2.24) is 5.32 Å². The van der Waals surface area contributed by atoms with Crippen LogP contribution in [0.1, 0.15) is 11.1 Å². The van der Waals surface area contributed by atoms with E-state index in [1.54, 1.807) is 14.2 Å². The van der Waals surface area contributed by atoms with Gasteiger partial charge in [-0.1, -0.05) is 30.3 Å². The zero-order valence-corrected chi connectivity index (χ0v) is 13.0. The lowest BCUT2D eigenvalue weighted by Crippen LogP contribution is -2.38. The second-order valence-electron chi connectivity index (χ2n) is 5.35. The van der Waals surface area contributed by atoms with E-state index in [1.807, 2.05) is 30.3 Å². The Morgan fingerprint density at radius 2 is 1.95 bits per heavy atom. The molecule has 0 unspecified atom stereocenters. The molecule has 22 heavy (non-hydrogen) atoms. The predicted octanol–water partition coefficient (Wildman–Crippen LogP) is 2.80. The van der Waals surface area contributed by atoms with Crippen LogP contribution in [-0.2, 0) is 13.0 Å². The van der Waals surface area contributed by atoms with E-state index in [9.17, 15) is 0 Å². The van der Waals surface area contributed by atoms with Crippen LogP contribution in [-0.4, -0.2) is 26.9 Å². The van der Waals surface area contributed by atoms with E-state index in [-0.39, 0.29) is 0 Å². The monoisotopic (exact) mass is 299 g/mol. The minimum absolute atomic E-state index is 0.297. The number of methoxy groups -OCH3 is 2. The first-order valence-electron chi connectivity index (χ1n) is 7.45. The van der Waals surface area contributed by atoms with Gasteiger partial charge in [-0.3, -0.25) is 0 Å². The molecule has 0 spiro atoms. The van der Waals surface area contributed by atoms with E-state index in [0.29, 0.717) is 12.6 Å². The van der Waals surface area contributed by atoms with Gasteiger partial charge in [-0.2, -0.15) is 0 Å². The van der Waals surface area contributed by atoms with Gasteiger partial charge in [0.25, 0.3) is 0 Å². The summed E-state index contributed by atoms with van der Waals surface area (Å²) in [4.78, 5) is 0. The minimum Gasteiger partial charge on any atom is -0.493 e. The highest BCUT2D eigenvalue weighted by Gasteiger charge is 2.19. The van der Waals surface area contributed by atoms with Crippen molar-refractivity contribution in [3.8, 4) is 17.2 Å². The summed E-state index contributed by atoms with van der Waals surface area (Å²) in [6.45, 7) is 1.40. The maximum atomic E-state index is 5.81. The number of rotatable bonds is 5. The first-order chi connectivity index (χ1) is 10.8. The Morgan fingerprint density at radius 1 is 1.09 bits per heavy atom. The maximum absolute atomic E-state index is 5.81. The Labute approximate surface area is 131 Å². The second-order valence-corrected chi connectivity index (χ2v) is 5.35. The highest BCUT2D eigenvalue weighted by Crippen LogP contribution is 2.31. The van der Waals surface area contributed by atoms with E-state index in [0.717, 1.165) is 35.8 Å². The largest absolute Gasteiger partial charge is 0.493 e. The molecule has 0 amide bonds. The normalized spacial score (nSPS) is 16.5. The third-order valence-electron chi connectivity index (χ3n) is 3.94. The van der Waals surface area contributed by atoms with Gasteiger partial charge in [-0.25, -0.2) is 0 Å². The van der Waals surface area contributed by atoms with Crippen LogP contribution in [0.15, 0.2) is 42.5 Å². The zero-order valence-electron chi connectivity index (χ0n) is 13.0. The van der Waals surface area contributed by atoms with Crippen molar-refractivity contribution in [2.45, 2.75) is 19.0 Å². The Hall–Kier alpha value is -2.20. The molecule has 1 aliphatic rings. The van der Waals surface area contributed by atoms with E-state index in [2.05, 4.69) is 17.4 Å². The molecule has 1 aliphatic heterocycles. The lowest BCUT2D eigenvalue weighted by molar-refractivity contribution is 0.237. The molecule has 116 valence electrons. The molecule has 3 rings (SSSR count). The summed E-state index contributed by atoms with van der Waals surface area (Å²) in [6, 6.07) is 14.4. The summed E-state index contributed by atoms with van der Waals surface area (Å²) < 4.78 is 16.6. The van der Waals surface area contributed by atoms with Crippen LogP contribution in [0.3, 0.4) is 0 Å². The summed E-state index contributed by atoms with van der Waals surface area (Å²) in [5.41, 5.74) is 2.34. The van der Waals surface area contributed by atoms with Crippen molar-refractivity contribution in [2.24, 2.45) is 0 Å². The molecular weight excluding hydrogens is 278 g/mol. The summed E-state index contributed by atoms with van der Waals surface area (Å²) in [5, 5.41) is 3.54. The summed E-state index contributed by atoms with van der Waals surface area (Å²) >= 11 is 0. The number of para-hydroxylation sites is 2. The first kappa shape index (κ1) is 14.7. The van der Waals surface area contributed by atoms with Gasteiger partial charge in [0.1, 0.15) is 12.4 Å². The first-order valence-corrected chi connectivity index (χ1v) is 7.45. The van der Waals surface area contributed by atoms with E-state index in [1.165, 1.54) is 5.56 Å². The lowest BCUT2D eigenvalue weighted by atomic mass is 10.0. The van der Waals surface area contributed by atoms with Gasteiger partial charge in [-0.05, 0) is 24.1 Å². The lowest BCUT2D eigenvalue weighted by Gasteiger charge is -2.26. The molecule has 4 heteroatoms. The van der Waals surface area contributed by atoms with Crippen LogP contribution in [0.2, 0.25) is 0 Å². The van der Waals surface area contributed by atoms with E-state index < -0.39 is 0 Å². The fourth-order valence-corrected chi connectivity index (χ4v) is 2.81. The fraction of sp³-hybridized carbons (Fsp3) is 0.333. The van der Waals surface area contributed by atoms with Gasteiger partial charge in [-0.15, -0.1) is 0 Å². The average Bonchev–Trinajstić information content (AvgIpc) is 2.59. The molecule has 1 N–H and O–H groups in total. The average molecular weight is 299 g/mol. The number of benzene rings is 2. The van der Waals surface area contributed by atoms with E-state index >= 15 is 0 Å². The molecule has 0 saturated carbocycles. The number of fused-ring (bicyclic) bond motifs is 1. The van der Waals surface area contributed by atoms with Crippen molar-refractivity contribution < 1.29 is 14.2 Å². The Kier molecular flexibility index (Phi) is 4.49. The van der Waals surface area contributed by atoms with Gasteiger partial charge < -0.3 is 19.5 Å². The number of hydrogen-bond acceptors (Lipinski definition) is 4. The molecule has 0 aliphatic carbocycles. The minimum atomic E-state index is 0.297. The standard InChI is InChI=1S/C18H21NO3/c1-20-17-9-5-7-14(18(17)21-2)11-19-15-10-13-6-3-4-8-16(13)22-12-15/h3-9,15,19H,10-12H2,1-2H3/t15-/m1/s1. The van der Waals surface area contributed by atoms with Gasteiger partial charge in [0.05, 0.1) is 14.2 Å². The Bertz CT molecular complexity index is 642. The molecule has 1 heterocycles. The number of nitrogens with one attached hydrogen (secondary N) is 1. The van der Waals surface area contributed by atoms with Crippen molar-refractivity contribution in [1.29, 1.82) is 0 Å². The third kappa shape index (κ3) is 3.02. The number of ether oxygens (including phenoxy) is 3. The van der Waals surface area contributed by atoms with Gasteiger partial charge in [0, 0.05) is 18.2 Å². The topological polar surface area (TPSA) is 39.7 Å². The molecule has 0 aromatic heterocycles. The third-order valence-corrected chi connectivity index (χ3v) is 3.94.